The molecule has 0 spiro atoms. The van der Waals surface area contributed by atoms with Gasteiger partial charge in [0.2, 0.25) is 0 Å². The highest BCUT2D eigenvalue weighted by Crippen LogP contribution is 2.37. The molecule has 4 heterocycles. The number of likely N-dealkylation sites (tertiary alicyclic amines) is 1. The lowest BCUT2D eigenvalue weighted by Crippen LogP contribution is -2.45. The topological polar surface area (TPSA) is 90.1 Å². The highest BCUT2D eigenvalue weighted by atomic mass is 16.2. The van der Waals surface area contributed by atoms with Crippen LogP contribution in [0.3, 0.4) is 0 Å². The molecule has 5 rings (SSSR count). The maximum absolute atomic E-state index is 12.9. The summed E-state index contributed by atoms with van der Waals surface area (Å²) in [6, 6.07) is 1.84. The number of nitrogens with zero attached hydrogens (tertiary/aromatic N) is 5. The van der Waals surface area contributed by atoms with E-state index in [1.165, 1.54) is 15.7 Å². The average Bonchev–Trinajstić information content (AvgIpc) is 3.20. The number of hydrogen-bond acceptors (Lipinski definition) is 5. The van der Waals surface area contributed by atoms with Crippen molar-refractivity contribution in [1.29, 1.82) is 0 Å². The van der Waals surface area contributed by atoms with Gasteiger partial charge in [0.15, 0.2) is 0 Å². The van der Waals surface area contributed by atoms with Crippen molar-refractivity contribution in [2.45, 2.75) is 45.2 Å². The van der Waals surface area contributed by atoms with E-state index >= 15 is 0 Å². The molecule has 0 radical (unpaired) electrons. The van der Waals surface area contributed by atoms with Crippen LogP contribution in [-0.2, 0) is 13.1 Å². The van der Waals surface area contributed by atoms with E-state index in [0.29, 0.717) is 43.5 Å². The maximum atomic E-state index is 12.9. The van der Waals surface area contributed by atoms with Crippen molar-refractivity contribution < 1.29 is 4.79 Å². The van der Waals surface area contributed by atoms with E-state index in [-0.39, 0.29) is 17.7 Å². The van der Waals surface area contributed by atoms with Gasteiger partial charge in [0.05, 0.1) is 5.56 Å². The number of amides is 1. The van der Waals surface area contributed by atoms with E-state index in [0.717, 1.165) is 18.4 Å². The number of hydrogen-bond donors (Lipinski definition) is 0. The van der Waals surface area contributed by atoms with Crippen molar-refractivity contribution in [2.24, 2.45) is 11.8 Å². The lowest BCUT2D eigenvalue weighted by atomic mass is 9.85. The van der Waals surface area contributed by atoms with Gasteiger partial charge in [0.25, 0.3) is 5.91 Å². The fourth-order valence-electron chi connectivity index (χ4n) is 4.65. The lowest BCUT2D eigenvalue weighted by Gasteiger charge is -2.25. The first-order valence-electron chi connectivity index (χ1n) is 9.94. The Bertz CT molecular complexity index is 1070. The normalized spacial score (nSPS) is 23.4. The van der Waals surface area contributed by atoms with Gasteiger partial charge in [-0.15, -0.1) is 0 Å². The molecule has 28 heavy (non-hydrogen) atoms. The van der Waals surface area contributed by atoms with E-state index in [1.54, 1.807) is 12.4 Å². The molecule has 0 aromatic carbocycles. The second kappa shape index (κ2) is 6.39. The third kappa shape index (κ3) is 2.70. The molecule has 0 unspecified atom stereocenters. The molecule has 2 atom stereocenters. The Morgan fingerprint density at radius 2 is 1.96 bits per heavy atom. The zero-order valence-electron chi connectivity index (χ0n) is 15.9. The molecule has 146 valence electrons. The summed E-state index contributed by atoms with van der Waals surface area (Å²) in [6.45, 7) is 3.98. The number of rotatable bonds is 3. The smallest absolute Gasteiger partial charge is 0.332 e. The van der Waals surface area contributed by atoms with Gasteiger partial charge >= 0.3 is 11.1 Å². The van der Waals surface area contributed by atoms with Crippen LogP contribution in [0.15, 0.2) is 28.0 Å². The largest absolute Gasteiger partial charge is 0.337 e. The average molecular weight is 381 g/mol. The Labute approximate surface area is 161 Å². The minimum atomic E-state index is -0.519. The van der Waals surface area contributed by atoms with E-state index in [1.807, 2.05) is 17.9 Å². The van der Waals surface area contributed by atoms with Gasteiger partial charge in [-0.25, -0.2) is 4.68 Å². The van der Waals surface area contributed by atoms with Gasteiger partial charge in [-0.2, -0.15) is 5.10 Å². The van der Waals surface area contributed by atoms with Crippen LogP contribution in [-0.4, -0.2) is 43.2 Å². The highest BCUT2D eigenvalue weighted by Gasteiger charge is 2.44. The fraction of sp³-hybridized carbons (Fsp3) is 0.550. The number of fused-ring (bicyclic) bond motifs is 3. The number of carbonyl (C=O) groups is 1. The molecule has 3 aliphatic rings. The molecule has 1 saturated carbocycles. The Hall–Kier alpha value is -2.77. The van der Waals surface area contributed by atoms with Gasteiger partial charge in [-0.3, -0.25) is 23.9 Å². The zero-order valence-corrected chi connectivity index (χ0v) is 15.9. The zero-order chi connectivity index (χ0) is 19.4. The van der Waals surface area contributed by atoms with Crippen LogP contribution in [0, 0.1) is 18.8 Å². The Balaban J connectivity index is 1.42. The summed E-state index contributed by atoms with van der Waals surface area (Å²) in [6.07, 6.45) is 6.68. The van der Waals surface area contributed by atoms with Crippen molar-refractivity contribution in [3.8, 4) is 0 Å². The summed E-state index contributed by atoms with van der Waals surface area (Å²) >= 11 is 0. The Kier molecular flexibility index (Phi) is 3.96. The van der Waals surface area contributed by atoms with Crippen LogP contribution in [0.1, 0.15) is 46.9 Å². The van der Waals surface area contributed by atoms with Crippen molar-refractivity contribution in [3.05, 3.63) is 56.1 Å². The summed E-state index contributed by atoms with van der Waals surface area (Å²) in [4.78, 5) is 43.8. The van der Waals surface area contributed by atoms with Crippen LogP contribution < -0.4 is 11.1 Å². The molecule has 2 aromatic rings. The van der Waals surface area contributed by atoms with E-state index in [9.17, 15) is 14.4 Å². The van der Waals surface area contributed by atoms with E-state index in [4.69, 9.17) is 0 Å². The van der Waals surface area contributed by atoms with Crippen molar-refractivity contribution in [2.75, 3.05) is 13.1 Å². The first-order valence-corrected chi connectivity index (χ1v) is 9.94. The minimum Gasteiger partial charge on any atom is -0.337 e. The number of aromatic nitrogens is 4. The van der Waals surface area contributed by atoms with E-state index in [2.05, 4.69) is 10.1 Å². The minimum absolute atomic E-state index is 0.00246. The van der Waals surface area contributed by atoms with Gasteiger partial charge in [-0.1, -0.05) is 6.42 Å². The third-order valence-electron chi connectivity index (χ3n) is 6.42. The summed E-state index contributed by atoms with van der Waals surface area (Å²) in [5.41, 5.74) is 0.540. The standard InChI is InChI=1S/C20H23N5O3/c1-12-5-14(7-21-6-12)18(26)23-9-15-10-24-17(16(15)11-23)22-25(20(28)19(24)27)8-13-3-2-4-13/h5-7,13,15-16H,2-4,8-11H2,1H3/t15-,16-/m1/s1. The quantitative estimate of drug-likeness (QED) is 0.733. The van der Waals surface area contributed by atoms with Gasteiger partial charge in [-0.05, 0) is 37.3 Å². The summed E-state index contributed by atoms with van der Waals surface area (Å²) in [5, 5.41) is 4.58. The summed E-state index contributed by atoms with van der Waals surface area (Å²) < 4.78 is 2.90. The molecule has 2 aliphatic heterocycles. The highest BCUT2D eigenvalue weighted by molar-refractivity contribution is 5.94. The fourth-order valence-corrected chi connectivity index (χ4v) is 4.65. The second-order valence-electron chi connectivity index (χ2n) is 8.39. The molecule has 0 N–H and O–H groups in total. The summed E-state index contributed by atoms with van der Waals surface area (Å²) in [5.74, 6) is 1.19. The molecule has 2 aromatic heterocycles. The number of carbonyl (C=O) groups excluding carboxylic acids is 1. The maximum Gasteiger partial charge on any atom is 0.332 e. The Morgan fingerprint density at radius 1 is 1.14 bits per heavy atom. The second-order valence-corrected chi connectivity index (χ2v) is 8.39. The van der Waals surface area contributed by atoms with Crippen LogP contribution >= 0.6 is 0 Å². The van der Waals surface area contributed by atoms with Crippen LogP contribution in [0.5, 0.6) is 0 Å². The van der Waals surface area contributed by atoms with Crippen molar-refractivity contribution >= 4 is 5.91 Å². The molecule has 1 aliphatic carbocycles. The molecular formula is C20H23N5O3. The first kappa shape index (κ1) is 17.3. The van der Waals surface area contributed by atoms with Crippen LogP contribution in [0.2, 0.25) is 0 Å². The molecular weight excluding hydrogens is 358 g/mol. The molecule has 1 amide bonds. The predicted molar refractivity (Wildman–Crippen MR) is 101 cm³/mol. The van der Waals surface area contributed by atoms with Gasteiger partial charge < -0.3 is 4.90 Å². The Morgan fingerprint density at radius 3 is 2.68 bits per heavy atom. The van der Waals surface area contributed by atoms with Crippen LogP contribution in [0.4, 0.5) is 0 Å². The molecule has 8 heteroatoms. The van der Waals surface area contributed by atoms with Crippen molar-refractivity contribution in [3.63, 3.8) is 0 Å². The monoisotopic (exact) mass is 381 g/mol. The third-order valence-corrected chi connectivity index (χ3v) is 6.42. The van der Waals surface area contributed by atoms with Crippen molar-refractivity contribution in [1.82, 2.24) is 24.2 Å². The first-order chi connectivity index (χ1) is 13.5. The number of pyridine rings is 1. The van der Waals surface area contributed by atoms with Gasteiger partial charge in [0, 0.05) is 50.4 Å². The molecule has 8 nitrogen and oxygen atoms in total. The number of aryl methyl sites for hydroxylation is 1. The molecule has 2 fully saturated rings. The summed E-state index contributed by atoms with van der Waals surface area (Å²) in [7, 11) is 0. The van der Waals surface area contributed by atoms with Crippen LogP contribution in [0.25, 0.3) is 0 Å². The molecule has 1 saturated heterocycles. The van der Waals surface area contributed by atoms with E-state index < -0.39 is 11.1 Å². The predicted octanol–water partition coefficient (Wildman–Crippen LogP) is 0.778. The SMILES string of the molecule is Cc1cncc(C(=O)N2C[C@@H]3Cn4c(nn(CC5CCC5)c(=O)c4=O)[C@@H]3C2)c1. The lowest BCUT2D eigenvalue weighted by molar-refractivity contribution is 0.0782. The molecule has 0 bridgehead atoms. The van der Waals surface area contributed by atoms with Gasteiger partial charge in [0.1, 0.15) is 5.82 Å².